The topological polar surface area (TPSA) is 739 Å². The number of imidazole rings is 1. The zero-order valence-electron chi connectivity index (χ0n) is 78.4. The van der Waals surface area contributed by atoms with Crippen LogP contribution in [-0.2, 0) is 185 Å². The number of H-pyrrole nitrogens is 5. The quantitative estimate of drug-likeness (QED) is 0.0101. The normalized spacial score (nSPS) is 29.2. The van der Waals surface area contributed by atoms with Gasteiger partial charge in [-0.15, -0.1) is 0 Å². The zero-order chi connectivity index (χ0) is 105. The van der Waals surface area contributed by atoms with Crippen molar-refractivity contribution < 1.29 is 150 Å². The molecule has 0 bridgehead atoms. The molecular formula is C76H106N16O42P5S5-5. The predicted octanol–water partition coefficient (Wildman–Crippen LogP) is -5.01. The van der Waals surface area contributed by atoms with E-state index in [-0.39, 0.29) is 112 Å². The van der Waals surface area contributed by atoms with Crippen molar-refractivity contribution in [2.75, 3.05) is 146 Å². The lowest BCUT2D eigenvalue weighted by Crippen LogP contribution is -2.43. The van der Waals surface area contributed by atoms with E-state index in [0.717, 1.165) is 52.3 Å². The molecule has 144 heavy (non-hydrogen) atoms. The molecule has 0 radical (unpaired) electrons. The molecule has 0 amide bonds. The number of hydrogen-bond acceptors (Lipinski definition) is 52. The number of nitrogens with one attached hydrogen (secondary N) is 5. The molecule has 6 fully saturated rings. The van der Waals surface area contributed by atoms with Gasteiger partial charge in [-0.2, -0.15) is 9.97 Å². The van der Waals surface area contributed by atoms with E-state index in [2.05, 4.69) is 39.9 Å². The minimum absolute atomic E-state index is 0.0133. The van der Waals surface area contributed by atoms with Crippen LogP contribution in [0.1, 0.15) is 85.0 Å². The number of anilines is 2. The maximum absolute atomic E-state index is 15.7. The van der Waals surface area contributed by atoms with Crippen molar-refractivity contribution in [3.63, 3.8) is 0 Å². The SMILES string of the molecule is CC[C@H]1O[C@@H](n2cc(C)c(=O)[nH]c2=O)C[C@H]1OP([O-])(=S)OC[C@H]1O[C@@H](n2cc(C)c(=O)[nH]c2=O)C(OCCOC)[C@H]1OP(=O)([S-])OC[C@H]1O[C@@H](n2cnc3c(=O)[nH]c(N)nc32)C(OCCOC)[C@H]1OP([O-])(=S)OC[C@H]1O[C@@H](n2cc(C)c(=O)[nH]c2=O)C(OCCOC)[C@H]1OP([O-])(=S)OC[C@H]1O[C@@H](n2cc(C)c(=O)[nH]c2=O)C(OCCOC)[C@H]1OP([O-])(=S)OC[C@H]1O[C@@H](n2cc(C)c(N)nc2=O)C(OCCOC)[C@H]1O. The third-order valence-electron chi connectivity index (χ3n) is 23.2. The summed E-state index contributed by atoms with van der Waals surface area (Å²) in [6.07, 6.45) is -30.9. The molecule has 0 aliphatic carbocycles. The standard InChI is InChI=1S/C76H111N16O42P5S5/c1-12-40-41(23-47(124-40)87-25-36(3)61(94)83-73(87)100)130-135(104,140)120-30-43-50(55(115-19-14-110-8)67(126-43)89-26-37(4)62(95)84-74(89)101)132-138(107,143)123-33-46-53(58(118-22-17-113-11)70(129-46)92-34-79-48-60(92)81-71(78)82-65(48)98)134-139(108,144)122-32-45-52(57(117-21-16-112-10)69(128-45)91-28-39(6)64(97)86-76(91)103)133-137(106,142)121-31-44-51(56(116-20-15-111-9)68(127-44)90-27-38(5)63(96)85-75(90)102)131-136(105,141)119-29-42-49(93)54(114-18-13-109-7)66(125-42)88-24-35(2)59(77)80-72(88)99/h24-28,34,40-47,49-58,66-70,93H,12-23,29-33H2,1-11H3,(H,104,140)(H,105,141)(H,106,142)(H,107,143)(H,108,144)(H2,77,80,99)(H,83,94,100)(H,84,95,101)(H,85,96,102)(H,86,97,103)(H3,78,81,82,98)/p-5/t40-,41-,42-,43-,44-,45-,46-,47-,49+,50+,51+,52+,53+,54?,55?,56?,57?,58?,66-,67-,68-,69-,70-,135?,136?,137?,138?,139?/m1/s1. The second kappa shape index (κ2) is 49.7. The minimum atomic E-state index is -5.40. The first-order valence-corrected chi connectivity index (χ1v) is 56.7. The Hall–Kier alpha value is -6.51. The molecule has 28 atom stereocenters. The molecule has 0 saturated carbocycles. The molecule has 6 aliphatic heterocycles. The molecule has 7 aromatic heterocycles. The van der Waals surface area contributed by atoms with Crippen LogP contribution in [0.2, 0.25) is 0 Å². The third-order valence-corrected chi connectivity index (χ3v) is 30.9. The molecule has 6 saturated heterocycles. The van der Waals surface area contributed by atoms with Crippen LogP contribution in [-0.4, -0.2) is 311 Å². The zero-order valence-corrected chi connectivity index (χ0v) is 87.0. The fourth-order valence-corrected chi connectivity index (χ4v) is 23.3. The van der Waals surface area contributed by atoms with E-state index in [4.69, 9.17) is 192 Å². The Balaban J connectivity index is 0.804. The van der Waals surface area contributed by atoms with Crippen LogP contribution in [0.4, 0.5) is 11.8 Å². The highest BCUT2D eigenvalue weighted by molar-refractivity contribution is 8.32. The van der Waals surface area contributed by atoms with Crippen molar-refractivity contribution in [1.29, 1.82) is 0 Å². The van der Waals surface area contributed by atoms with Crippen LogP contribution >= 0.6 is 33.7 Å². The summed E-state index contributed by atoms with van der Waals surface area (Å²) < 4.78 is 178. The van der Waals surface area contributed by atoms with E-state index in [9.17, 15) is 62.8 Å². The summed E-state index contributed by atoms with van der Waals surface area (Å²) in [6, 6.07) is 0. The molecule has 68 heteroatoms. The number of hydrogen-bond donors (Lipinski definition) is 8. The Kier molecular flexibility index (Phi) is 39.6. The molecule has 0 spiro atoms. The molecule has 7 aromatic rings. The van der Waals surface area contributed by atoms with Gasteiger partial charge in [0, 0.05) is 101 Å². The van der Waals surface area contributed by atoms with Gasteiger partial charge in [-0.25, -0.2) is 29.0 Å². The van der Waals surface area contributed by atoms with Gasteiger partial charge in [0.2, 0.25) is 5.95 Å². The number of fused-ring (bicyclic) bond motifs is 1. The van der Waals surface area contributed by atoms with Gasteiger partial charge in [0.15, 0.2) is 49.1 Å². The number of aromatic amines is 5. The highest BCUT2D eigenvalue weighted by atomic mass is 32.7. The van der Waals surface area contributed by atoms with Crippen molar-refractivity contribution in [1.82, 2.24) is 67.3 Å². The van der Waals surface area contributed by atoms with Crippen LogP contribution in [0.15, 0.2) is 85.3 Å². The third kappa shape index (κ3) is 27.9. The summed E-state index contributed by atoms with van der Waals surface area (Å²) in [6.45, 7) is -24.7. The smallest absolute Gasteiger partial charge is 0.351 e. The fraction of sp³-hybridized carbons (Fsp3) is 0.671. The molecule has 10 N–H and O–H groups in total. The second-order valence-electron chi connectivity index (χ2n) is 33.1. The van der Waals surface area contributed by atoms with Crippen molar-refractivity contribution in [3.8, 4) is 0 Å². The van der Waals surface area contributed by atoms with Crippen LogP contribution in [0.25, 0.3) is 11.2 Å². The monoisotopic (exact) mass is 2230 g/mol. The van der Waals surface area contributed by atoms with E-state index in [0.29, 0.717) is 5.56 Å². The number of nitrogen functional groups attached to an aromatic ring is 2. The van der Waals surface area contributed by atoms with Crippen molar-refractivity contribution in [2.45, 2.75) is 196 Å². The maximum Gasteiger partial charge on any atom is 0.351 e. The Morgan fingerprint density at radius 3 is 1.12 bits per heavy atom. The van der Waals surface area contributed by atoms with Gasteiger partial charge in [0.1, 0.15) is 130 Å². The molecule has 58 nitrogen and oxygen atoms in total. The van der Waals surface area contributed by atoms with E-state index in [1.165, 1.54) is 75.6 Å². The molecule has 13 heterocycles. The summed E-state index contributed by atoms with van der Waals surface area (Å²) in [7, 11) is 6.63. The van der Waals surface area contributed by atoms with E-state index in [1.807, 2.05) is 0 Å². The molecule has 10 unspecified atom stereocenters. The van der Waals surface area contributed by atoms with Crippen LogP contribution in [0.3, 0.4) is 0 Å². The number of ether oxygens (including phenoxy) is 16. The van der Waals surface area contributed by atoms with Gasteiger partial charge >= 0.3 is 28.4 Å². The van der Waals surface area contributed by atoms with E-state index in [1.54, 1.807) is 13.8 Å². The van der Waals surface area contributed by atoms with Crippen molar-refractivity contribution in [3.05, 3.63) is 169 Å². The van der Waals surface area contributed by atoms with Gasteiger partial charge in [-0.05, 0) is 41.0 Å². The van der Waals surface area contributed by atoms with Gasteiger partial charge in [0.25, 0.3) is 27.8 Å². The number of aliphatic hydroxyl groups is 1. The number of nitrogens with two attached hydrogens (primary N) is 2. The summed E-state index contributed by atoms with van der Waals surface area (Å²) in [5.74, 6) is -0.536. The molecular weight excluding hydrogens is 2120 g/mol. The van der Waals surface area contributed by atoms with Gasteiger partial charge in [0.05, 0.1) is 118 Å². The van der Waals surface area contributed by atoms with Crippen LogP contribution < -0.4 is 87.3 Å². The number of aliphatic hydroxyl groups excluding tert-OH is 1. The van der Waals surface area contributed by atoms with Crippen molar-refractivity contribution >= 4 is 116 Å². The number of nitrogens with zero attached hydrogens (tertiary/aromatic N) is 9. The van der Waals surface area contributed by atoms with Gasteiger partial charge in [-0.1, -0.05) is 54.2 Å². The lowest BCUT2D eigenvalue weighted by atomic mass is 10.1. The largest absolute Gasteiger partial charge is 0.780 e. The summed E-state index contributed by atoms with van der Waals surface area (Å²) in [5.41, 5.74) is 2.74. The first kappa shape index (κ1) is 115. The number of methoxy groups -OCH3 is 5. The van der Waals surface area contributed by atoms with E-state index >= 15 is 14.4 Å². The predicted molar refractivity (Wildman–Crippen MR) is 503 cm³/mol. The summed E-state index contributed by atoms with van der Waals surface area (Å²) in [5, 5.41) is 11.8. The van der Waals surface area contributed by atoms with Gasteiger partial charge in [-0.3, -0.25) is 80.9 Å². The van der Waals surface area contributed by atoms with Gasteiger partial charge < -0.3 is 169 Å². The Morgan fingerprint density at radius 2 is 0.736 bits per heavy atom. The highest BCUT2D eigenvalue weighted by Crippen LogP contribution is 2.56. The maximum atomic E-state index is 15.7. The minimum Gasteiger partial charge on any atom is -0.780 e. The lowest BCUT2D eigenvalue weighted by molar-refractivity contribution is -0.223. The Labute approximate surface area is 839 Å². The molecule has 802 valence electrons. The molecule has 0 aromatic carbocycles. The van der Waals surface area contributed by atoms with E-state index < -0.39 is 277 Å². The second-order valence-corrected chi connectivity index (χ2v) is 46.6. The molecule has 6 aliphatic rings. The number of aryl methyl sites for hydroxylation is 5. The number of rotatable bonds is 52. The number of aromatic nitrogens is 14. The average molecular weight is 2230 g/mol. The van der Waals surface area contributed by atoms with Crippen molar-refractivity contribution in [2.24, 2.45) is 0 Å². The fourth-order valence-electron chi connectivity index (χ4n) is 16.2. The highest BCUT2D eigenvalue weighted by Gasteiger charge is 2.56. The average Bonchev–Trinajstić information content (AvgIpc) is 1.60. The Bertz CT molecular complexity index is 6570. The Morgan fingerprint density at radius 1 is 0.410 bits per heavy atom. The molecule has 13 rings (SSSR count). The first-order valence-electron chi connectivity index (χ1n) is 43.9. The van der Waals surface area contributed by atoms with Crippen LogP contribution in [0, 0.1) is 34.6 Å². The summed E-state index contributed by atoms with van der Waals surface area (Å²) >= 11 is 28.1. The first-order chi connectivity index (χ1) is 68.2. The van der Waals surface area contributed by atoms with Crippen LogP contribution in [0.5, 0.6) is 0 Å². The summed E-state index contributed by atoms with van der Waals surface area (Å²) in [4.78, 5) is 217. The lowest BCUT2D eigenvalue weighted by Gasteiger charge is -2.38.